The van der Waals surface area contributed by atoms with E-state index in [-0.39, 0.29) is 30.8 Å². The maximum atomic E-state index is 12.7. The third kappa shape index (κ3) is 3.93. The Hall–Kier alpha value is -2.37. The van der Waals surface area contributed by atoms with Crippen molar-refractivity contribution in [3.8, 4) is 0 Å². The molecule has 2 aliphatic heterocycles. The normalized spacial score (nSPS) is 21.6. The summed E-state index contributed by atoms with van der Waals surface area (Å²) in [6, 6.07) is 9.91. The average molecular weight is 329 g/mol. The van der Waals surface area contributed by atoms with E-state index in [0.717, 1.165) is 32.2 Å². The Morgan fingerprint density at radius 2 is 1.92 bits per heavy atom. The predicted molar refractivity (Wildman–Crippen MR) is 89.2 cm³/mol. The number of nitrogens with one attached hydrogen (secondary N) is 1. The van der Waals surface area contributed by atoms with Crippen LogP contribution in [0.4, 0.5) is 4.79 Å². The van der Waals surface area contributed by atoms with Crippen molar-refractivity contribution in [2.45, 2.75) is 38.1 Å². The number of rotatable bonds is 4. The molecule has 0 saturated carbocycles. The molecule has 24 heavy (non-hydrogen) atoms. The van der Waals surface area contributed by atoms with E-state index in [2.05, 4.69) is 17.4 Å². The van der Waals surface area contributed by atoms with Gasteiger partial charge in [0.2, 0.25) is 11.8 Å². The number of hydrogen-bond acceptors (Lipinski definition) is 3. The van der Waals surface area contributed by atoms with E-state index >= 15 is 0 Å². The summed E-state index contributed by atoms with van der Waals surface area (Å²) in [5.41, 5.74) is 1.23. The maximum absolute atomic E-state index is 12.7. The number of urea groups is 1. The van der Waals surface area contributed by atoms with Crippen molar-refractivity contribution in [2.75, 3.05) is 19.6 Å². The summed E-state index contributed by atoms with van der Waals surface area (Å²) >= 11 is 0. The van der Waals surface area contributed by atoms with Gasteiger partial charge in [-0.2, -0.15) is 0 Å². The van der Waals surface area contributed by atoms with E-state index < -0.39 is 6.03 Å². The van der Waals surface area contributed by atoms with Gasteiger partial charge in [0.05, 0.1) is 0 Å². The van der Waals surface area contributed by atoms with Crippen molar-refractivity contribution in [3.05, 3.63) is 35.9 Å². The van der Waals surface area contributed by atoms with Crippen LogP contribution in [0, 0.1) is 0 Å². The van der Waals surface area contributed by atoms with E-state index in [1.807, 2.05) is 23.1 Å². The molecule has 0 radical (unpaired) electrons. The van der Waals surface area contributed by atoms with Crippen LogP contribution in [0.1, 0.15) is 31.2 Å². The maximum Gasteiger partial charge on any atom is 0.324 e. The van der Waals surface area contributed by atoms with Crippen molar-refractivity contribution in [2.24, 2.45) is 0 Å². The smallest absolute Gasteiger partial charge is 0.324 e. The summed E-state index contributed by atoms with van der Waals surface area (Å²) in [6.45, 7) is 1.10. The lowest BCUT2D eigenvalue weighted by atomic mass is 9.95. The van der Waals surface area contributed by atoms with E-state index in [9.17, 15) is 14.4 Å². The molecule has 6 heteroatoms. The first-order valence-corrected chi connectivity index (χ1v) is 8.55. The third-order valence-corrected chi connectivity index (χ3v) is 4.73. The fraction of sp³-hybridized carbons (Fsp3) is 0.500. The lowest BCUT2D eigenvalue weighted by molar-refractivity contribution is -0.136. The van der Waals surface area contributed by atoms with Gasteiger partial charge < -0.3 is 9.80 Å². The average Bonchev–Trinajstić information content (AvgIpc) is 2.59. The van der Waals surface area contributed by atoms with Gasteiger partial charge in [0.15, 0.2) is 0 Å². The molecule has 0 spiro atoms. The molecule has 0 aliphatic carbocycles. The number of imide groups is 1. The summed E-state index contributed by atoms with van der Waals surface area (Å²) < 4.78 is 0. The Labute approximate surface area is 141 Å². The van der Waals surface area contributed by atoms with Gasteiger partial charge in [0, 0.05) is 25.6 Å². The molecular weight excluding hydrogens is 306 g/mol. The van der Waals surface area contributed by atoms with Crippen LogP contribution >= 0.6 is 0 Å². The lowest BCUT2D eigenvalue weighted by Gasteiger charge is -2.37. The first-order valence-electron chi connectivity index (χ1n) is 8.55. The zero-order valence-corrected chi connectivity index (χ0v) is 13.7. The van der Waals surface area contributed by atoms with Crippen molar-refractivity contribution in [1.29, 1.82) is 0 Å². The topological polar surface area (TPSA) is 69.7 Å². The Bertz CT molecular complexity index is 617. The molecule has 3 rings (SSSR count). The third-order valence-electron chi connectivity index (χ3n) is 4.73. The number of hydrogen-bond donors (Lipinski definition) is 1. The fourth-order valence-electron chi connectivity index (χ4n) is 3.43. The van der Waals surface area contributed by atoms with Crippen molar-refractivity contribution < 1.29 is 14.4 Å². The molecule has 2 aliphatic rings. The second-order valence-corrected chi connectivity index (χ2v) is 6.45. The number of carbonyl (C=O) groups is 3. The summed E-state index contributed by atoms with van der Waals surface area (Å²) in [5, 5.41) is 2.27. The molecule has 2 fully saturated rings. The zero-order valence-electron chi connectivity index (χ0n) is 13.7. The first-order chi connectivity index (χ1) is 11.6. The van der Waals surface area contributed by atoms with E-state index in [1.165, 1.54) is 10.5 Å². The first kappa shape index (κ1) is 16.5. The Morgan fingerprint density at radius 3 is 2.67 bits per heavy atom. The van der Waals surface area contributed by atoms with Gasteiger partial charge in [0.25, 0.3) is 0 Å². The Morgan fingerprint density at radius 1 is 1.12 bits per heavy atom. The minimum absolute atomic E-state index is 0.0277. The molecule has 4 amide bonds. The number of likely N-dealkylation sites (tertiary alicyclic amines) is 1. The highest BCUT2D eigenvalue weighted by atomic mass is 16.2. The molecule has 6 nitrogen and oxygen atoms in total. The van der Waals surface area contributed by atoms with Crippen molar-refractivity contribution in [3.63, 3.8) is 0 Å². The largest absolute Gasteiger partial charge is 0.338 e. The number of benzene rings is 1. The van der Waals surface area contributed by atoms with Gasteiger partial charge >= 0.3 is 6.03 Å². The molecule has 2 saturated heterocycles. The van der Waals surface area contributed by atoms with E-state index in [1.54, 1.807) is 0 Å². The minimum Gasteiger partial charge on any atom is -0.338 e. The van der Waals surface area contributed by atoms with Crippen LogP contribution in [0.3, 0.4) is 0 Å². The second-order valence-electron chi connectivity index (χ2n) is 6.45. The molecule has 1 aromatic rings. The Balaban J connectivity index is 1.63. The fourth-order valence-corrected chi connectivity index (χ4v) is 3.43. The van der Waals surface area contributed by atoms with Crippen LogP contribution in [-0.2, 0) is 16.0 Å². The highest BCUT2D eigenvalue weighted by molar-refractivity contribution is 5.98. The number of nitrogens with zero attached hydrogens (tertiary/aromatic N) is 2. The van der Waals surface area contributed by atoms with Crippen LogP contribution in [0.15, 0.2) is 30.3 Å². The molecule has 0 unspecified atom stereocenters. The molecule has 128 valence electrons. The highest BCUT2D eigenvalue weighted by Crippen LogP contribution is 2.21. The van der Waals surface area contributed by atoms with E-state index in [4.69, 9.17) is 0 Å². The monoisotopic (exact) mass is 329 g/mol. The Kier molecular flexibility index (Phi) is 5.13. The number of amides is 4. The standard InChI is InChI=1S/C18H23N3O3/c22-16-9-11-20(18(24)19-16)13-17(23)21-10-5-4-8-15(21)12-14-6-2-1-3-7-14/h1-3,6-7,15H,4-5,8-13H2,(H,19,22,24)/t15-/m0/s1. The van der Waals surface area contributed by atoms with Crippen LogP contribution in [0.2, 0.25) is 0 Å². The van der Waals surface area contributed by atoms with Crippen LogP contribution in [0.5, 0.6) is 0 Å². The zero-order chi connectivity index (χ0) is 16.9. The summed E-state index contributed by atoms with van der Waals surface area (Å²) in [4.78, 5) is 39.1. The SMILES string of the molecule is O=C1CCN(CC(=O)N2CCCC[C@H]2Cc2ccccc2)C(=O)N1. The van der Waals surface area contributed by atoms with E-state index in [0.29, 0.717) is 6.54 Å². The van der Waals surface area contributed by atoms with Crippen molar-refractivity contribution >= 4 is 17.8 Å². The molecule has 1 aromatic carbocycles. The summed E-state index contributed by atoms with van der Waals surface area (Å²) in [7, 11) is 0. The molecule has 0 bridgehead atoms. The van der Waals surface area contributed by atoms with Gasteiger partial charge in [-0.1, -0.05) is 30.3 Å². The van der Waals surface area contributed by atoms with Crippen LogP contribution in [-0.4, -0.2) is 53.3 Å². The molecule has 2 heterocycles. The molecule has 0 aromatic heterocycles. The van der Waals surface area contributed by atoms with Crippen LogP contribution < -0.4 is 5.32 Å². The predicted octanol–water partition coefficient (Wildman–Crippen LogP) is 1.55. The number of piperidine rings is 1. The molecular formula is C18H23N3O3. The van der Waals surface area contributed by atoms with Gasteiger partial charge in [-0.15, -0.1) is 0 Å². The van der Waals surface area contributed by atoms with Crippen LogP contribution in [0.25, 0.3) is 0 Å². The summed E-state index contributed by atoms with van der Waals surface area (Å²) in [6.07, 6.45) is 4.22. The molecule has 1 N–H and O–H groups in total. The van der Waals surface area contributed by atoms with Gasteiger partial charge in [-0.05, 0) is 31.2 Å². The van der Waals surface area contributed by atoms with Gasteiger partial charge in [-0.3, -0.25) is 14.9 Å². The van der Waals surface area contributed by atoms with Gasteiger partial charge in [0.1, 0.15) is 6.54 Å². The van der Waals surface area contributed by atoms with Crippen molar-refractivity contribution in [1.82, 2.24) is 15.1 Å². The molecule has 1 atom stereocenters. The minimum atomic E-state index is -0.462. The summed E-state index contributed by atoms with van der Waals surface area (Å²) in [5.74, 6) is -0.302. The van der Waals surface area contributed by atoms with Gasteiger partial charge in [-0.25, -0.2) is 4.79 Å². The second kappa shape index (κ2) is 7.47. The highest BCUT2D eigenvalue weighted by Gasteiger charge is 2.30. The number of carbonyl (C=O) groups excluding carboxylic acids is 3. The quantitative estimate of drug-likeness (QED) is 0.911. The lowest BCUT2D eigenvalue weighted by Crippen LogP contribution is -2.55.